The molecule has 2 heterocycles. The molecule has 0 bridgehead atoms. The van der Waals surface area contributed by atoms with E-state index >= 15 is 0 Å². The molecule has 0 aliphatic heterocycles. The zero-order valence-electron chi connectivity index (χ0n) is 16.3. The quantitative estimate of drug-likeness (QED) is 0.696. The Kier molecular flexibility index (Phi) is 5.41. The number of aryl methyl sites for hydroxylation is 1. The fourth-order valence-corrected chi connectivity index (χ4v) is 3.60. The lowest BCUT2D eigenvalue weighted by Gasteiger charge is -2.20. The fourth-order valence-electron chi connectivity index (χ4n) is 3.60. The maximum atomic E-state index is 12.6. The van der Waals surface area contributed by atoms with Gasteiger partial charge in [0, 0.05) is 37.1 Å². The van der Waals surface area contributed by atoms with Crippen LogP contribution in [0.25, 0.3) is 5.69 Å². The number of carbonyl (C=O) groups excluding carboxylic acids is 2. The first-order valence-corrected chi connectivity index (χ1v) is 9.86. The number of nitrogens with zero attached hydrogens (tertiary/aromatic N) is 4. The van der Waals surface area contributed by atoms with Crippen molar-refractivity contribution in [2.75, 3.05) is 10.6 Å². The third-order valence-corrected chi connectivity index (χ3v) is 5.23. The Hall–Kier alpha value is -3.42. The van der Waals surface area contributed by atoms with Gasteiger partial charge in [-0.05, 0) is 43.2 Å². The molecular formula is C21H24N6O2. The van der Waals surface area contributed by atoms with Gasteiger partial charge in [0.2, 0.25) is 5.91 Å². The van der Waals surface area contributed by atoms with E-state index in [1.54, 1.807) is 24.0 Å². The summed E-state index contributed by atoms with van der Waals surface area (Å²) in [5.74, 6) is 0.253. The molecule has 1 saturated carbocycles. The molecule has 1 fully saturated rings. The molecule has 2 aromatic heterocycles. The Bertz CT molecular complexity index is 985. The van der Waals surface area contributed by atoms with E-state index in [0.717, 1.165) is 31.4 Å². The number of amides is 2. The maximum Gasteiger partial charge on any atom is 0.276 e. The van der Waals surface area contributed by atoms with Gasteiger partial charge in [0.1, 0.15) is 5.82 Å². The molecule has 0 spiro atoms. The second kappa shape index (κ2) is 8.30. The second-order valence-corrected chi connectivity index (χ2v) is 7.31. The lowest BCUT2D eigenvalue weighted by atomic mass is 9.89. The highest BCUT2D eigenvalue weighted by molar-refractivity contribution is 6.04. The first kappa shape index (κ1) is 18.9. The van der Waals surface area contributed by atoms with E-state index in [-0.39, 0.29) is 23.4 Å². The Morgan fingerprint density at radius 1 is 1.07 bits per heavy atom. The Morgan fingerprint density at radius 3 is 2.52 bits per heavy atom. The van der Waals surface area contributed by atoms with Gasteiger partial charge in [-0.3, -0.25) is 14.3 Å². The van der Waals surface area contributed by atoms with Crippen molar-refractivity contribution in [1.82, 2.24) is 19.6 Å². The van der Waals surface area contributed by atoms with Crippen molar-refractivity contribution in [1.29, 1.82) is 0 Å². The van der Waals surface area contributed by atoms with E-state index in [9.17, 15) is 9.59 Å². The number of hydrogen-bond donors (Lipinski definition) is 2. The van der Waals surface area contributed by atoms with E-state index in [0.29, 0.717) is 11.5 Å². The summed E-state index contributed by atoms with van der Waals surface area (Å²) < 4.78 is 3.27. The van der Waals surface area contributed by atoms with Crippen LogP contribution in [0.3, 0.4) is 0 Å². The standard InChI is InChI=1S/C21H24N6O2/c1-26-19(24-20(28)15-6-3-2-4-7-15)14-18(25-26)21(29)23-16-8-10-17(11-9-16)27-13-5-12-22-27/h5,8-15H,2-4,6-7H2,1H3,(H,23,29)(H,24,28). The molecule has 0 radical (unpaired) electrons. The van der Waals surface area contributed by atoms with Crippen molar-refractivity contribution < 1.29 is 9.59 Å². The van der Waals surface area contributed by atoms with Crippen molar-refractivity contribution >= 4 is 23.3 Å². The number of benzene rings is 1. The first-order valence-electron chi connectivity index (χ1n) is 9.86. The Labute approximate surface area is 168 Å². The van der Waals surface area contributed by atoms with Crippen molar-refractivity contribution in [2.45, 2.75) is 32.1 Å². The molecular weight excluding hydrogens is 368 g/mol. The van der Waals surface area contributed by atoms with Crippen molar-refractivity contribution in [3.8, 4) is 5.69 Å². The van der Waals surface area contributed by atoms with Crippen molar-refractivity contribution in [3.63, 3.8) is 0 Å². The molecule has 8 heteroatoms. The molecule has 0 unspecified atom stereocenters. The van der Waals surface area contributed by atoms with E-state index in [2.05, 4.69) is 20.8 Å². The summed E-state index contributed by atoms with van der Waals surface area (Å²) in [6.07, 6.45) is 8.79. The minimum absolute atomic E-state index is 0.00821. The van der Waals surface area contributed by atoms with Crippen LogP contribution in [0, 0.1) is 5.92 Å². The molecule has 2 amide bonds. The molecule has 1 aliphatic rings. The van der Waals surface area contributed by atoms with Crippen LogP contribution < -0.4 is 10.6 Å². The average Bonchev–Trinajstić information content (AvgIpc) is 3.40. The third-order valence-electron chi connectivity index (χ3n) is 5.23. The number of carbonyl (C=O) groups is 2. The van der Waals surface area contributed by atoms with Gasteiger partial charge in [-0.2, -0.15) is 10.2 Å². The van der Waals surface area contributed by atoms with Crippen LogP contribution in [0.15, 0.2) is 48.8 Å². The van der Waals surface area contributed by atoms with E-state index < -0.39 is 0 Å². The molecule has 0 saturated heterocycles. The smallest absolute Gasteiger partial charge is 0.276 e. The van der Waals surface area contributed by atoms with Crippen LogP contribution in [0.2, 0.25) is 0 Å². The van der Waals surface area contributed by atoms with Gasteiger partial charge in [0.15, 0.2) is 5.69 Å². The predicted molar refractivity (Wildman–Crippen MR) is 110 cm³/mol. The molecule has 4 rings (SSSR count). The summed E-state index contributed by atoms with van der Waals surface area (Å²) in [7, 11) is 1.71. The van der Waals surface area contributed by atoms with E-state index in [4.69, 9.17) is 0 Å². The zero-order chi connectivity index (χ0) is 20.2. The van der Waals surface area contributed by atoms with Crippen LogP contribution in [0.5, 0.6) is 0 Å². The third kappa shape index (κ3) is 4.37. The largest absolute Gasteiger partial charge is 0.321 e. The Balaban J connectivity index is 1.40. The van der Waals surface area contributed by atoms with Crippen LogP contribution in [-0.2, 0) is 11.8 Å². The summed E-state index contributed by atoms with van der Waals surface area (Å²) in [5, 5.41) is 14.2. The topological polar surface area (TPSA) is 93.8 Å². The molecule has 2 N–H and O–H groups in total. The van der Waals surface area contributed by atoms with Crippen molar-refractivity contribution in [2.24, 2.45) is 13.0 Å². The normalized spacial score (nSPS) is 14.5. The molecule has 0 atom stereocenters. The SMILES string of the molecule is Cn1nc(C(=O)Nc2ccc(-n3cccn3)cc2)cc1NC(=O)C1CCCCC1. The number of rotatable bonds is 5. The monoisotopic (exact) mass is 392 g/mol. The van der Waals surface area contributed by atoms with Gasteiger partial charge in [-0.1, -0.05) is 19.3 Å². The Morgan fingerprint density at radius 2 is 1.83 bits per heavy atom. The van der Waals surface area contributed by atoms with Gasteiger partial charge >= 0.3 is 0 Å². The summed E-state index contributed by atoms with van der Waals surface area (Å²) in [6, 6.07) is 10.8. The van der Waals surface area contributed by atoms with Gasteiger partial charge in [-0.15, -0.1) is 0 Å². The minimum Gasteiger partial charge on any atom is -0.321 e. The summed E-state index contributed by atoms with van der Waals surface area (Å²) in [5.41, 5.74) is 1.81. The van der Waals surface area contributed by atoms with E-state index in [1.165, 1.54) is 11.1 Å². The van der Waals surface area contributed by atoms with Gasteiger partial charge < -0.3 is 10.6 Å². The van der Waals surface area contributed by atoms with Crippen LogP contribution in [-0.4, -0.2) is 31.4 Å². The number of hydrogen-bond acceptors (Lipinski definition) is 4. The van der Waals surface area contributed by atoms with Crippen molar-refractivity contribution in [3.05, 3.63) is 54.5 Å². The van der Waals surface area contributed by atoms with E-state index in [1.807, 2.05) is 36.5 Å². The first-order chi connectivity index (χ1) is 14.1. The molecule has 1 aliphatic carbocycles. The van der Waals surface area contributed by atoms with Gasteiger partial charge in [0.05, 0.1) is 5.69 Å². The lowest BCUT2D eigenvalue weighted by Crippen LogP contribution is -2.25. The molecule has 150 valence electrons. The van der Waals surface area contributed by atoms with Gasteiger partial charge in [-0.25, -0.2) is 4.68 Å². The zero-order valence-corrected chi connectivity index (χ0v) is 16.3. The highest BCUT2D eigenvalue weighted by atomic mass is 16.2. The average molecular weight is 392 g/mol. The number of anilines is 2. The van der Waals surface area contributed by atoms with Crippen LogP contribution >= 0.6 is 0 Å². The molecule has 29 heavy (non-hydrogen) atoms. The summed E-state index contributed by atoms with van der Waals surface area (Å²) >= 11 is 0. The molecule has 1 aromatic carbocycles. The van der Waals surface area contributed by atoms with Crippen LogP contribution in [0.1, 0.15) is 42.6 Å². The highest BCUT2D eigenvalue weighted by Crippen LogP contribution is 2.25. The van der Waals surface area contributed by atoms with Gasteiger partial charge in [0.25, 0.3) is 5.91 Å². The van der Waals surface area contributed by atoms with Crippen LogP contribution in [0.4, 0.5) is 11.5 Å². The molecule has 8 nitrogen and oxygen atoms in total. The second-order valence-electron chi connectivity index (χ2n) is 7.31. The summed E-state index contributed by atoms with van der Waals surface area (Å²) in [6.45, 7) is 0. The summed E-state index contributed by atoms with van der Waals surface area (Å²) in [4.78, 5) is 25.0. The number of aromatic nitrogens is 4. The number of nitrogens with one attached hydrogen (secondary N) is 2. The lowest BCUT2D eigenvalue weighted by molar-refractivity contribution is -0.120. The maximum absolute atomic E-state index is 12.6. The predicted octanol–water partition coefficient (Wildman–Crippen LogP) is 3.38. The fraction of sp³-hybridized carbons (Fsp3) is 0.333. The molecule has 3 aromatic rings. The highest BCUT2D eigenvalue weighted by Gasteiger charge is 2.23. The minimum atomic E-state index is -0.328.